The SMILES string of the molecule is Cc1cc(F)ccc1CCNCCc1nccn1C. The van der Waals surface area contributed by atoms with Crippen molar-refractivity contribution in [2.24, 2.45) is 7.05 Å². The number of benzene rings is 1. The Labute approximate surface area is 113 Å². The first-order valence-electron chi connectivity index (χ1n) is 6.59. The van der Waals surface area contributed by atoms with Gasteiger partial charge in [0, 0.05) is 32.4 Å². The van der Waals surface area contributed by atoms with E-state index in [2.05, 4.69) is 10.3 Å². The molecule has 0 bridgehead atoms. The maximum absolute atomic E-state index is 13.0. The summed E-state index contributed by atoms with van der Waals surface area (Å²) in [6, 6.07) is 4.98. The molecule has 3 nitrogen and oxygen atoms in total. The molecule has 0 spiro atoms. The Bertz CT molecular complexity index is 534. The maximum atomic E-state index is 13.0. The Morgan fingerprint density at radius 2 is 2.05 bits per heavy atom. The van der Waals surface area contributed by atoms with E-state index >= 15 is 0 Å². The van der Waals surface area contributed by atoms with Crippen molar-refractivity contribution in [2.75, 3.05) is 13.1 Å². The first-order chi connectivity index (χ1) is 9.16. The van der Waals surface area contributed by atoms with E-state index in [9.17, 15) is 4.39 Å². The van der Waals surface area contributed by atoms with Gasteiger partial charge in [0.25, 0.3) is 0 Å². The van der Waals surface area contributed by atoms with Crippen molar-refractivity contribution in [1.82, 2.24) is 14.9 Å². The highest BCUT2D eigenvalue weighted by molar-refractivity contribution is 5.26. The second-order valence-corrected chi connectivity index (χ2v) is 4.78. The molecule has 0 amide bonds. The molecular weight excluding hydrogens is 241 g/mol. The van der Waals surface area contributed by atoms with Crippen molar-refractivity contribution in [3.8, 4) is 0 Å². The number of nitrogens with zero attached hydrogens (tertiary/aromatic N) is 2. The van der Waals surface area contributed by atoms with Gasteiger partial charge in [0.2, 0.25) is 0 Å². The number of aryl methyl sites for hydroxylation is 2. The van der Waals surface area contributed by atoms with Gasteiger partial charge < -0.3 is 9.88 Å². The van der Waals surface area contributed by atoms with Gasteiger partial charge in [0.1, 0.15) is 11.6 Å². The first kappa shape index (κ1) is 13.7. The molecule has 1 aromatic heterocycles. The van der Waals surface area contributed by atoms with Crippen LogP contribution >= 0.6 is 0 Å². The molecule has 102 valence electrons. The molecule has 0 aliphatic rings. The fourth-order valence-electron chi connectivity index (χ4n) is 2.13. The zero-order valence-corrected chi connectivity index (χ0v) is 11.5. The number of aromatic nitrogens is 2. The van der Waals surface area contributed by atoms with Crippen molar-refractivity contribution in [3.05, 3.63) is 53.4 Å². The van der Waals surface area contributed by atoms with Crippen LogP contribution in [0.15, 0.2) is 30.6 Å². The number of imidazole rings is 1. The monoisotopic (exact) mass is 261 g/mol. The van der Waals surface area contributed by atoms with E-state index in [4.69, 9.17) is 0 Å². The number of hydrogen-bond donors (Lipinski definition) is 1. The van der Waals surface area contributed by atoms with Crippen molar-refractivity contribution in [1.29, 1.82) is 0 Å². The normalized spacial score (nSPS) is 10.9. The van der Waals surface area contributed by atoms with Crippen LogP contribution in [0.3, 0.4) is 0 Å². The molecule has 1 heterocycles. The van der Waals surface area contributed by atoms with Gasteiger partial charge in [-0.1, -0.05) is 6.07 Å². The molecule has 0 fully saturated rings. The summed E-state index contributed by atoms with van der Waals surface area (Å²) in [7, 11) is 2.00. The zero-order valence-electron chi connectivity index (χ0n) is 11.5. The van der Waals surface area contributed by atoms with Crippen LogP contribution in [0.4, 0.5) is 4.39 Å². The summed E-state index contributed by atoms with van der Waals surface area (Å²) in [4.78, 5) is 4.28. The molecule has 0 radical (unpaired) electrons. The van der Waals surface area contributed by atoms with Gasteiger partial charge >= 0.3 is 0 Å². The van der Waals surface area contributed by atoms with E-state index in [1.807, 2.05) is 37.0 Å². The lowest BCUT2D eigenvalue weighted by Gasteiger charge is -2.07. The predicted octanol–water partition coefficient (Wildman–Crippen LogP) is 2.24. The fraction of sp³-hybridized carbons (Fsp3) is 0.400. The van der Waals surface area contributed by atoms with Crippen LogP contribution in [-0.4, -0.2) is 22.6 Å². The Balaban J connectivity index is 1.71. The minimum atomic E-state index is -0.163. The van der Waals surface area contributed by atoms with Crippen molar-refractivity contribution in [3.63, 3.8) is 0 Å². The van der Waals surface area contributed by atoms with Gasteiger partial charge in [0.15, 0.2) is 0 Å². The Morgan fingerprint density at radius 3 is 2.74 bits per heavy atom. The summed E-state index contributed by atoms with van der Waals surface area (Å²) in [6.45, 7) is 3.76. The molecule has 2 rings (SSSR count). The van der Waals surface area contributed by atoms with E-state index in [1.54, 1.807) is 6.07 Å². The van der Waals surface area contributed by atoms with Gasteiger partial charge in [-0.25, -0.2) is 9.37 Å². The highest BCUT2D eigenvalue weighted by atomic mass is 19.1. The highest BCUT2D eigenvalue weighted by Gasteiger charge is 2.01. The molecule has 4 heteroatoms. The minimum Gasteiger partial charge on any atom is -0.338 e. The summed E-state index contributed by atoms with van der Waals surface area (Å²) < 4.78 is 15.0. The molecule has 0 saturated heterocycles. The van der Waals surface area contributed by atoms with Crippen LogP contribution in [0.5, 0.6) is 0 Å². The van der Waals surface area contributed by atoms with Crippen molar-refractivity contribution in [2.45, 2.75) is 19.8 Å². The minimum absolute atomic E-state index is 0.163. The predicted molar refractivity (Wildman–Crippen MR) is 74.6 cm³/mol. The zero-order chi connectivity index (χ0) is 13.7. The van der Waals surface area contributed by atoms with Gasteiger partial charge in [-0.3, -0.25) is 0 Å². The van der Waals surface area contributed by atoms with Gasteiger partial charge in [-0.2, -0.15) is 0 Å². The van der Waals surface area contributed by atoms with Gasteiger partial charge in [-0.05, 0) is 43.1 Å². The van der Waals surface area contributed by atoms with Gasteiger partial charge in [0.05, 0.1) is 0 Å². The molecule has 0 unspecified atom stereocenters. The maximum Gasteiger partial charge on any atom is 0.123 e. The molecule has 1 aromatic carbocycles. The number of hydrogen-bond acceptors (Lipinski definition) is 2. The molecule has 0 aliphatic carbocycles. The molecule has 1 N–H and O–H groups in total. The van der Waals surface area contributed by atoms with Gasteiger partial charge in [-0.15, -0.1) is 0 Å². The molecule has 0 atom stereocenters. The quantitative estimate of drug-likeness (QED) is 0.808. The molecular formula is C15H20FN3. The topological polar surface area (TPSA) is 29.9 Å². The molecule has 0 aliphatic heterocycles. The van der Waals surface area contributed by atoms with E-state index in [0.29, 0.717) is 0 Å². The first-order valence-corrected chi connectivity index (χ1v) is 6.59. The third kappa shape index (κ3) is 3.89. The Hall–Kier alpha value is -1.68. The number of nitrogens with one attached hydrogen (secondary N) is 1. The molecule has 2 aromatic rings. The highest BCUT2D eigenvalue weighted by Crippen LogP contribution is 2.10. The molecule has 19 heavy (non-hydrogen) atoms. The second kappa shape index (κ2) is 6.48. The summed E-state index contributed by atoms with van der Waals surface area (Å²) >= 11 is 0. The largest absolute Gasteiger partial charge is 0.338 e. The van der Waals surface area contributed by atoms with Crippen LogP contribution in [0.1, 0.15) is 17.0 Å². The summed E-state index contributed by atoms with van der Waals surface area (Å²) in [5, 5.41) is 3.39. The number of halogens is 1. The lowest BCUT2D eigenvalue weighted by Crippen LogP contribution is -2.21. The van der Waals surface area contributed by atoms with E-state index in [-0.39, 0.29) is 5.82 Å². The lowest BCUT2D eigenvalue weighted by molar-refractivity contribution is 0.623. The summed E-state index contributed by atoms with van der Waals surface area (Å²) in [5.41, 5.74) is 2.22. The lowest BCUT2D eigenvalue weighted by atomic mass is 10.1. The van der Waals surface area contributed by atoms with Crippen LogP contribution in [0, 0.1) is 12.7 Å². The average Bonchev–Trinajstić information content (AvgIpc) is 2.77. The third-order valence-corrected chi connectivity index (χ3v) is 3.32. The van der Waals surface area contributed by atoms with Crippen molar-refractivity contribution < 1.29 is 4.39 Å². The summed E-state index contributed by atoms with van der Waals surface area (Å²) in [6.07, 6.45) is 5.62. The van der Waals surface area contributed by atoms with Crippen LogP contribution in [-0.2, 0) is 19.9 Å². The number of rotatable bonds is 6. The second-order valence-electron chi connectivity index (χ2n) is 4.78. The molecule has 0 saturated carbocycles. The Kier molecular flexibility index (Phi) is 4.68. The Morgan fingerprint density at radius 1 is 1.26 bits per heavy atom. The summed E-state index contributed by atoms with van der Waals surface area (Å²) in [5.74, 6) is 0.925. The third-order valence-electron chi connectivity index (χ3n) is 3.32. The smallest absolute Gasteiger partial charge is 0.123 e. The van der Waals surface area contributed by atoms with E-state index < -0.39 is 0 Å². The fourth-order valence-corrected chi connectivity index (χ4v) is 2.13. The van der Waals surface area contributed by atoms with Crippen molar-refractivity contribution >= 4 is 0 Å². The van der Waals surface area contributed by atoms with Crippen LogP contribution in [0.25, 0.3) is 0 Å². The van der Waals surface area contributed by atoms with E-state index in [1.165, 1.54) is 11.6 Å². The van der Waals surface area contributed by atoms with Crippen LogP contribution in [0.2, 0.25) is 0 Å². The van der Waals surface area contributed by atoms with E-state index in [0.717, 1.165) is 37.3 Å². The average molecular weight is 261 g/mol. The standard InChI is InChI=1S/C15H20FN3/c1-12-11-14(16)4-3-13(12)5-7-17-8-6-15-18-9-10-19(15)2/h3-4,9-11,17H,5-8H2,1-2H3. The van der Waals surface area contributed by atoms with Crippen LogP contribution < -0.4 is 5.32 Å².